The average molecular weight is 268 g/mol. The predicted octanol–water partition coefficient (Wildman–Crippen LogP) is 2.76. The highest BCUT2D eigenvalue weighted by Gasteiger charge is 2.08. The second-order valence-corrected chi connectivity index (χ2v) is 5.40. The molecule has 0 aliphatic carbocycles. The summed E-state index contributed by atoms with van der Waals surface area (Å²) in [5, 5.41) is 0. The second-order valence-electron chi connectivity index (χ2n) is 3.60. The quantitative estimate of drug-likeness (QED) is 0.906. The molecule has 17 heavy (non-hydrogen) atoms. The lowest BCUT2D eigenvalue weighted by Crippen LogP contribution is -2.29. The Labute approximate surface area is 110 Å². The Balaban J connectivity index is 2.13. The molecule has 0 unspecified atom stereocenters. The van der Waals surface area contributed by atoms with Gasteiger partial charge in [-0.15, -0.1) is 11.3 Å². The van der Waals surface area contributed by atoms with Gasteiger partial charge in [0.15, 0.2) is 0 Å². The maximum absolute atomic E-state index is 5.93. The largest absolute Gasteiger partial charge is 0.350 e. The smallest absolute Gasteiger partial charge is 0.128 e. The number of thiophene rings is 1. The van der Waals surface area contributed by atoms with Crippen molar-refractivity contribution in [3.05, 3.63) is 45.7 Å². The fraction of sp³-hybridized carbons (Fsp3) is 0.250. The van der Waals surface area contributed by atoms with Crippen LogP contribution in [-0.2, 0) is 6.54 Å². The Kier molecular flexibility index (Phi) is 4.36. The molecule has 2 N–H and O–H groups in total. The van der Waals surface area contributed by atoms with E-state index in [0.717, 1.165) is 23.2 Å². The molecule has 0 saturated heterocycles. The van der Waals surface area contributed by atoms with Gasteiger partial charge in [-0.3, -0.25) is 0 Å². The molecule has 5 heteroatoms. The van der Waals surface area contributed by atoms with E-state index in [1.807, 2.05) is 30.3 Å². The molecule has 0 spiro atoms. The molecular weight excluding hydrogens is 254 g/mol. The number of aromatic nitrogens is 1. The van der Waals surface area contributed by atoms with Crippen LogP contribution < -0.4 is 10.6 Å². The Morgan fingerprint density at radius 1 is 1.29 bits per heavy atom. The van der Waals surface area contributed by atoms with Gasteiger partial charge in [-0.05, 0) is 24.3 Å². The van der Waals surface area contributed by atoms with E-state index in [4.69, 9.17) is 17.3 Å². The summed E-state index contributed by atoms with van der Waals surface area (Å²) in [6, 6.07) is 9.84. The molecule has 0 atom stereocenters. The van der Waals surface area contributed by atoms with E-state index in [1.54, 1.807) is 17.5 Å². The minimum absolute atomic E-state index is 0.607. The minimum atomic E-state index is 0.607. The molecule has 0 aliphatic rings. The number of anilines is 1. The maximum atomic E-state index is 5.93. The standard InChI is InChI=1S/C12H14ClN3S/c13-11-5-4-10(17-11)9-16(8-6-14)12-3-1-2-7-15-12/h1-5,7H,6,8-9,14H2. The molecule has 2 rings (SSSR count). The van der Waals surface area contributed by atoms with Crippen LogP contribution in [0, 0.1) is 0 Å². The number of nitrogens with zero attached hydrogens (tertiary/aromatic N) is 2. The van der Waals surface area contributed by atoms with E-state index < -0.39 is 0 Å². The van der Waals surface area contributed by atoms with Crippen LogP contribution in [0.5, 0.6) is 0 Å². The predicted molar refractivity (Wildman–Crippen MR) is 73.7 cm³/mol. The summed E-state index contributed by atoms with van der Waals surface area (Å²) in [5.74, 6) is 0.947. The summed E-state index contributed by atoms with van der Waals surface area (Å²) in [6.07, 6.45) is 1.79. The van der Waals surface area contributed by atoms with Crippen molar-refractivity contribution < 1.29 is 0 Å². The second kappa shape index (κ2) is 6.00. The first-order valence-corrected chi connectivity index (χ1v) is 6.59. The Morgan fingerprint density at radius 3 is 2.76 bits per heavy atom. The summed E-state index contributed by atoms with van der Waals surface area (Å²) in [5.41, 5.74) is 5.63. The first-order valence-electron chi connectivity index (χ1n) is 5.40. The molecule has 3 nitrogen and oxygen atoms in total. The lowest BCUT2D eigenvalue weighted by molar-refractivity contribution is 0.783. The van der Waals surface area contributed by atoms with Gasteiger partial charge in [-0.1, -0.05) is 17.7 Å². The third kappa shape index (κ3) is 3.43. The summed E-state index contributed by atoms with van der Waals surface area (Å²) in [6.45, 7) is 2.19. The number of hydrogen-bond donors (Lipinski definition) is 1. The highest BCUT2D eigenvalue weighted by molar-refractivity contribution is 7.16. The first-order chi connectivity index (χ1) is 8.29. The lowest BCUT2D eigenvalue weighted by Gasteiger charge is -2.22. The van der Waals surface area contributed by atoms with Crippen LogP contribution in [0.15, 0.2) is 36.5 Å². The Hall–Kier alpha value is -1.10. The summed E-state index contributed by atoms with van der Waals surface area (Å²) in [4.78, 5) is 7.71. The van der Waals surface area contributed by atoms with Crippen molar-refractivity contribution >= 4 is 28.8 Å². The van der Waals surface area contributed by atoms with Gasteiger partial charge in [0.1, 0.15) is 5.82 Å². The van der Waals surface area contributed by atoms with E-state index in [1.165, 1.54) is 4.88 Å². The fourth-order valence-corrected chi connectivity index (χ4v) is 2.70. The number of halogens is 1. The van der Waals surface area contributed by atoms with Crippen molar-refractivity contribution in [1.29, 1.82) is 0 Å². The molecule has 90 valence electrons. The van der Waals surface area contributed by atoms with Crippen molar-refractivity contribution in [3.8, 4) is 0 Å². The van der Waals surface area contributed by atoms with Crippen LogP contribution in [0.2, 0.25) is 4.34 Å². The van der Waals surface area contributed by atoms with Gasteiger partial charge < -0.3 is 10.6 Å². The maximum Gasteiger partial charge on any atom is 0.128 e. The van der Waals surface area contributed by atoms with Gasteiger partial charge in [-0.2, -0.15) is 0 Å². The molecule has 2 aromatic heterocycles. The minimum Gasteiger partial charge on any atom is -0.350 e. The number of hydrogen-bond acceptors (Lipinski definition) is 4. The number of rotatable bonds is 5. The zero-order valence-corrected chi connectivity index (χ0v) is 10.9. The van der Waals surface area contributed by atoms with E-state index in [-0.39, 0.29) is 0 Å². The molecule has 0 bridgehead atoms. The van der Waals surface area contributed by atoms with Gasteiger partial charge in [0.05, 0.1) is 10.9 Å². The average Bonchev–Trinajstić information content (AvgIpc) is 2.75. The van der Waals surface area contributed by atoms with Crippen molar-refractivity contribution in [2.24, 2.45) is 5.73 Å². The van der Waals surface area contributed by atoms with Crippen LogP contribution >= 0.6 is 22.9 Å². The zero-order valence-electron chi connectivity index (χ0n) is 9.34. The SMILES string of the molecule is NCCN(Cc1ccc(Cl)s1)c1ccccn1. The Bertz CT molecular complexity index is 458. The number of pyridine rings is 1. The Morgan fingerprint density at radius 2 is 2.18 bits per heavy atom. The molecule has 0 aliphatic heterocycles. The normalized spacial score (nSPS) is 10.5. The fourth-order valence-electron chi connectivity index (χ4n) is 1.60. The molecule has 0 radical (unpaired) electrons. The molecule has 2 heterocycles. The van der Waals surface area contributed by atoms with Gasteiger partial charge in [0.25, 0.3) is 0 Å². The van der Waals surface area contributed by atoms with Crippen LogP contribution in [0.4, 0.5) is 5.82 Å². The third-order valence-electron chi connectivity index (χ3n) is 2.35. The van der Waals surface area contributed by atoms with Crippen LogP contribution in [-0.4, -0.2) is 18.1 Å². The molecule has 0 fully saturated rings. The highest BCUT2D eigenvalue weighted by Crippen LogP contribution is 2.24. The van der Waals surface area contributed by atoms with Crippen molar-refractivity contribution in [2.75, 3.05) is 18.0 Å². The van der Waals surface area contributed by atoms with Gasteiger partial charge >= 0.3 is 0 Å². The summed E-state index contributed by atoms with van der Waals surface area (Å²) < 4.78 is 0.814. The third-order valence-corrected chi connectivity index (χ3v) is 3.56. The topological polar surface area (TPSA) is 42.1 Å². The monoisotopic (exact) mass is 267 g/mol. The van der Waals surface area contributed by atoms with Crippen LogP contribution in [0.1, 0.15) is 4.88 Å². The molecular formula is C12H14ClN3S. The van der Waals surface area contributed by atoms with Gasteiger partial charge in [-0.25, -0.2) is 4.98 Å². The summed E-state index contributed by atoms with van der Waals surface area (Å²) >= 11 is 7.52. The van der Waals surface area contributed by atoms with Crippen LogP contribution in [0.25, 0.3) is 0 Å². The van der Waals surface area contributed by atoms with Crippen molar-refractivity contribution in [1.82, 2.24) is 4.98 Å². The molecule has 0 amide bonds. The van der Waals surface area contributed by atoms with Crippen molar-refractivity contribution in [3.63, 3.8) is 0 Å². The lowest BCUT2D eigenvalue weighted by atomic mass is 10.3. The highest BCUT2D eigenvalue weighted by atomic mass is 35.5. The summed E-state index contributed by atoms with van der Waals surface area (Å²) in [7, 11) is 0. The number of nitrogens with two attached hydrogens (primary N) is 1. The molecule has 2 aromatic rings. The van der Waals surface area contributed by atoms with E-state index >= 15 is 0 Å². The van der Waals surface area contributed by atoms with Gasteiger partial charge in [0.2, 0.25) is 0 Å². The van der Waals surface area contributed by atoms with Crippen LogP contribution in [0.3, 0.4) is 0 Å². The van der Waals surface area contributed by atoms with Gasteiger partial charge in [0, 0.05) is 24.2 Å². The first kappa shape index (κ1) is 12.4. The van der Waals surface area contributed by atoms with E-state index in [9.17, 15) is 0 Å². The molecule has 0 aromatic carbocycles. The van der Waals surface area contributed by atoms with E-state index in [2.05, 4.69) is 9.88 Å². The van der Waals surface area contributed by atoms with E-state index in [0.29, 0.717) is 6.54 Å². The zero-order chi connectivity index (χ0) is 12.1. The molecule has 0 saturated carbocycles. The van der Waals surface area contributed by atoms with Crippen molar-refractivity contribution in [2.45, 2.75) is 6.54 Å².